The molecule has 0 aliphatic rings. The standard InChI is InChI=1S/C18H21FN6O3/c1-27-9-7-21-17-13-10-24-25(18(13)23-12-22-17)8-6-20-16(26)11-28-15-5-3-2-4-14(15)19/h2-5,10,12H,6-9,11H2,1H3,(H,20,26)(H,21,22,23). The molecule has 2 heterocycles. The fraction of sp³-hybridized carbons (Fsp3) is 0.333. The van der Waals surface area contributed by atoms with Crippen molar-refractivity contribution in [2.24, 2.45) is 0 Å². The van der Waals surface area contributed by atoms with E-state index in [1.54, 1.807) is 30.1 Å². The molecular weight excluding hydrogens is 367 g/mol. The number of hydrogen-bond donors (Lipinski definition) is 2. The van der Waals surface area contributed by atoms with Gasteiger partial charge >= 0.3 is 0 Å². The predicted octanol–water partition coefficient (Wildman–Crippen LogP) is 1.22. The quantitative estimate of drug-likeness (QED) is 0.503. The number of para-hydroxylation sites is 1. The Balaban J connectivity index is 1.50. The second-order valence-corrected chi connectivity index (χ2v) is 5.82. The lowest BCUT2D eigenvalue weighted by Gasteiger charge is -2.09. The number of ether oxygens (including phenoxy) is 2. The number of nitrogens with zero attached hydrogens (tertiary/aromatic N) is 4. The summed E-state index contributed by atoms with van der Waals surface area (Å²) in [6.07, 6.45) is 3.13. The molecule has 2 N–H and O–H groups in total. The van der Waals surface area contributed by atoms with Crippen LogP contribution in [0.3, 0.4) is 0 Å². The fourth-order valence-corrected chi connectivity index (χ4v) is 2.53. The molecule has 0 unspecified atom stereocenters. The Morgan fingerprint density at radius 2 is 2.11 bits per heavy atom. The number of benzene rings is 1. The summed E-state index contributed by atoms with van der Waals surface area (Å²) in [5.41, 5.74) is 0.659. The molecule has 0 radical (unpaired) electrons. The number of aromatic nitrogens is 4. The Kier molecular flexibility index (Phi) is 6.68. The first-order valence-corrected chi connectivity index (χ1v) is 8.72. The van der Waals surface area contributed by atoms with Crippen molar-refractivity contribution < 1.29 is 18.7 Å². The summed E-state index contributed by atoms with van der Waals surface area (Å²) in [5.74, 6) is -0.138. The molecule has 1 amide bonds. The number of hydrogen-bond acceptors (Lipinski definition) is 7. The lowest BCUT2D eigenvalue weighted by molar-refractivity contribution is -0.123. The van der Waals surface area contributed by atoms with E-state index in [1.807, 2.05) is 0 Å². The third kappa shape index (κ3) is 4.92. The molecule has 148 valence electrons. The summed E-state index contributed by atoms with van der Waals surface area (Å²) in [6.45, 7) is 1.65. The molecule has 3 rings (SSSR count). The van der Waals surface area contributed by atoms with Crippen molar-refractivity contribution in [2.45, 2.75) is 6.54 Å². The molecule has 0 aliphatic heterocycles. The highest BCUT2D eigenvalue weighted by Crippen LogP contribution is 2.18. The highest BCUT2D eigenvalue weighted by Gasteiger charge is 2.10. The van der Waals surface area contributed by atoms with Gasteiger partial charge in [0.05, 0.1) is 24.7 Å². The fourth-order valence-electron chi connectivity index (χ4n) is 2.53. The van der Waals surface area contributed by atoms with Gasteiger partial charge in [-0.25, -0.2) is 19.0 Å². The minimum atomic E-state index is -0.507. The minimum Gasteiger partial charge on any atom is -0.481 e. The average Bonchev–Trinajstić information content (AvgIpc) is 3.12. The monoisotopic (exact) mass is 388 g/mol. The number of fused-ring (bicyclic) bond motifs is 1. The van der Waals surface area contributed by atoms with Crippen molar-refractivity contribution in [1.29, 1.82) is 0 Å². The van der Waals surface area contributed by atoms with E-state index in [-0.39, 0.29) is 18.3 Å². The van der Waals surface area contributed by atoms with Crippen molar-refractivity contribution >= 4 is 22.8 Å². The second-order valence-electron chi connectivity index (χ2n) is 5.82. The van der Waals surface area contributed by atoms with Crippen LogP contribution in [0, 0.1) is 5.82 Å². The van der Waals surface area contributed by atoms with Crippen molar-refractivity contribution in [3.63, 3.8) is 0 Å². The van der Waals surface area contributed by atoms with E-state index >= 15 is 0 Å². The van der Waals surface area contributed by atoms with E-state index < -0.39 is 5.82 Å². The summed E-state index contributed by atoms with van der Waals surface area (Å²) in [6, 6.07) is 5.94. The topological polar surface area (TPSA) is 103 Å². The van der Waals surface area contributed by atoms with Gasteiger partial charge in [-0.1, -0.05) is 12.1 Å². The molecule has 9 nitrogen and oxygen atoms in total. The number of carbonyl (C=O) groups excluding carboxylic acids is 1. The van der Waals surface area contributed by atoms with Gasteiger partial charge in [-0.05, 0) is 12.1 Å². The van der Waals surface area contributed by atoms with Gasteiger partial charge in [0.1, 0.15) is 12.1 Å². The number of rotatable bonds is 10. The first kappa shape index (κ1) is 19.5. The molecule has 10 heteroatoms. The number of methoxy groups -OCH3 is 1. The van der Waals surface area contributed by atoms with Gasteiger partial charge in [0.2, 0.25) is 0 Å². The zero-order valence-electron chi connectivity index (χ0n) is 15.4. The van der Waals surface area contributed by atoms with Gasteiger partial charge in [0.25, 0.3) is 5.91 Å². The van der Waals surface area contributed by atoms with Gasteiger partial charge in [0.15, 0.2) is 23.8 Å². The molecule has 0 atom stereocenters. The van der Waals surface area contributed by atoms with Gasteiger partial charge in [-0.15, -0.1) is 0 Å². The van der Waals surface area contributed by atoms with Crippen LogP contribution in [0.5, 0.6) is 5.75 Å². The van der Waals surface area contributed by atoms with Crippen LogP contribution in [0.4, 0.5) is 10.2 Å². The van der Waals surface area contributed by atoms with Crippen LogP contribution < -0.4 is 15.4 Å². The minimum absolute atomic E-state index is 0.0425. The third-order valence-corrected chi connectivity index (χ3v) is 3.87. The van der Waals surface area contributed by atoms with Crippen LogP contribution >= 0.6 is 0 Å². The van der Waals surface area contributed by atoms with E-state index in [9.17, 15) is 9.18 Å². The number of carbonyl (C=O) groups is 1. The first-order chi connectivity index (χ1) is 13.7. The van der Waals surface area contributed by atoms with Crippen LogP contribution in [0.15, 0.2) is 36.8 Å². The van der Waals surface area contributed by atoms with E-state index in [2.05, 4.69) is 25.7 Å². The van der Waals surface area contributed by atoms with Crippen LogP contribution in [0.2, 0.25) is 0 Å². The summed E-state index contributed by atoms with van der Waals surface area (Å²) in [4.78, 5) is 20.4. The van der Waals surface area contributed by atoms with Gasteiger partial charge in [-0.2, -0.15) is 5.10 Å². The molecule has 2 aromatic heterocycles. The molecule has 0 bridgehead atoms. The van der Waals surface area contributed by atoms with Crippen LogP contribution in [-0.4, -0.2) is 59.1 Å². The van der Waals surface area contributed by atoms with E-state index in [0.29, 0.717) is 37.7 Å². The first-order valence-electron chi connectivity index (χ1n) is 8.72. The Labute approximate surface area is 160 Å². The van der Waals surface area contributed by atoms with Crippen LogP contribution in [-0.2, 0) is 16.1 Å². The van der Waals surface area contributed by atoms with E-state index in [4.69, 9.17) is 9.47 Å². The average molecular weight is 388 g/mol. The number of amides is 1. The smallest absolute Gasteiger partial charge is 0.258 e. The Morgan fingerprint density at radius 1 is 1.25 bits per heavy atom. The molecule has 3 aromatic rings. The second kappa shape index (κ2) is 9.60. The Bertz CT molecular complexity index is 933. The van der Waals surface area contributed by atoms with Crippen LogP contribution in [0.25, 0.3) is 11.0 Å². The predicted molar refractivity (Wildman–Crippen MR) is 101 cm³/mol. The maximum atomic E-state index is 13.5. The zero-order valence-corrected chi connectivity index (χ0v) is 15.4. The molecule has 28 heavy (non-hydrogen) atoms. The van der Waals surface area contributed by atoms with Gasteiger partial charge in [-0.3, -0.25) is 4.79 Å². The molecule has 1 aromatic carbocycles. The molecular formula is C18H21FN6O3. The highest BCUT2D eigenvalue weighted by molar-refractivity contribution is 5.86. The third-order valence-electron chi connectivity index (χ3n) is 3.87. The molecule has 0 spiro atoms. The maximum Gasteiger partial charge on any atom is 0.258 e. The van der Waals surface area contributed by atoms with Gasteiger partial charge in [0, 0.05) is 20.2 Å². The van der Waals surface area contributed by atoms with Crippen LogP contribution in [0.1, 0.15) is 0 Å². The SMILES string of the molecule is COCCNc1ncnc2c1cnn2CCNC(=O)COc1ccccc1F. The lowest BCUT2D eigenvalue weighted by Crippen LogP contribution is -2.31. The lowest BCUT2D eigenvalue weighted by atomic mass is 10.3. The zero-order chi connectivity index (χ0) is 19.8. The highest BCUT2D eigenvalue weighted by atomic mass is 19.1. The number of halogens is 1. The Morgan fingerprint density at radius 3 is 2.93 bits per heavy atom. The van der Waals surface area contributed by atoms with E-state index in [1.165, 1.54) is 18.5 Å². The summed E-state index contributed by atoms with van der Waals surface area (Å²) in [7, 11) is 1.63. The van der Waals surface area contributed by atoms with Gasteiger partial charge < -0.3 is 20.1 Å². The number of nitrogens with one attached hydrogen (secondary N) is 2. The summed E-state index contributed by atoms with van der Waals surface area (Å²) in [5, 5.41) is 11.0. The normalized spacial score (nSPS) is 10.8. The largest absolute Gasteiger partial charge is 0.481 e. The molecule has 0 saturated heterocycles. The van der Waals surface area contributed by atoms with E-state index in [0.717, 1.165) is 5.39 Å². The summed E-state index contributed by atoms with van der Waals surface area (Å²) < 4.78 is 25.3. The van der Waals surface area contributed by atoms with Crippen molar-refractivity contribution in [2.75, 3.05) is 38.7 Å². The molecule has 0 fully saturated rings. The van der Waals surface area contributed by atoms with Crippen molar-refractivity contribution in [1.82, 2.24) is 25.1 Å². The maximum absolute atomic E-state index is 13.5. The Hall–Kier alpha value is -3.27. The summed E-state index contributed by atoms with van der Waals surface area (Å²) >= 11 is 0. The number of anilines is 1. The molecule has 0 aliphatic carbocycles. The van der Waals surface area contributed by atoms with Crippen molar-refractivity contribution in [3.8, 4) is 5.75 Å². The van der Waals surface area contributed by atoms with Crippen molar-refractivity contribution in [3.05, 3.63) is 42.6 Å². The molecule has 0 saturated carbocycles.